The number of carbonyl (C=O) groups is 3. The van der Waals surface area contributed by atoms with E-state index in [2.05, 4.69) is 12.2 Å². The number of carbonyl (C=O) groups excluding carboxylic acids is 3. The Kier molecular flexibility index (Phi) is 10.7. The van der Waals surface area contributed by atoms with Crippen LogP contribution in [0.1, 0.15) is 39.2 Å². The Morgan fingerprint density at radius 3 is 2.39 bits per heavy atom. The topological polar surface area (TPSA) is 114 Å². The van der Waals surface area contributed by atoms with Crippen molar-refractivity contribution in [3.05, 3.63) is 42.8 Å². The Balaban J connectivity index is 2.58. The SMILES string of the molecule is [CH2+]COC(=O)C(O)C(CCCN(C)C(=O)OCc1ccccc1)NC(=O)OC(C)(C)C. The van der Waals surface area contributed by atoms with Crippen LogP contribution in [-0.2, 0) is 25.6 Å². The van der Waals surface area contributed by atoms with E-state index in [1.807, 2.05) is 30.3 Å². The monoisotopic (exact) mass is 437 g/mol. The molecule has 0 saturated heterocycles. The summed E-state index contributed by atoms with van der Waals surface area (Å²) in [6, 6.07) is 8.34. The predicted molar refractivity (Wildman–Crippen MR) is 114 cm³/mol. The van der Waals surface area contributed by atoms with Gasteiger partial charge in [-0.3, -0.25) is 0 Å². The van der Waals surface area contributed by atoms with Crippen molar-refractivity contribution in [1.82, 2.24) is 10.2 Å². The minimum Gasteiger partial charge on any atom is -0.445 e. The molecule has 0 saturated carbocycles. The molecule has 0 radical (unpaired) electrons. The number of nitrogens with one attached hydrogen (secondary N) is 1. The number of rotatable bonds is 10. The number of alkyl carbamates (subject to hydrolysis) is 1. The van der Waals surface area contributed by atoms with Crippen LogP contribution in [0.15, 0.2) is 30.3 Å². The van der Waals surface area contributed by atoms with Gasteiger partial charge < -0.3 is 29.5 Å². The fourth-order valence-electron chi connectivity index (χ4n) is 2.59. The van der Waals surface area contributed by atoms with Gasteiger partial charge in [0.2, 0.25) is 6.61 Å². The number of ether oxygens (including phenoxy) is 3. The molecule has 0 aliphatic rings. The summed E-state index contributed by atoms with van der Waals surface area (Å²) in [5.41, 5.74) is 0.133. The first-order valence-electron chi connectivity index (χ1n) is 10.1. The van der Waals surface area contributed by atoms with Gasteiger partial charge in [0, 0.05) is 13.6 Å². The van der Waals surface area contributed by atoms with Gasteiger partial charge in [0.25, 0.3) is 0 Å². The lowest BCUT2D eigenvalue weighted by Crippen LogP contribution is -2.49. The summed E-state index contributed by atoms with van der Waals surface area (Å²) in [6.07, 6.45) is -2.29. The molecule has 0 bridgehead atoms. The molecule has 0 aliphatic carbocycles. The van der Waals surface area contributed by atoms with E-state index in [4.69, 9.17) is 14.2 Å². The third-order valence-corrected chi connectivity index (χ3v) is 4.09. The molecule has 172 valence electrons. The summed E-state index contributed by atoms with van der Waals surface area (Å²) in [7, 11) is 1.58. The Labute approximate surface area is 183 Å². The highest BCUT2D eigenvalue weighted by Gasteiger charge is 2.30. The lowest BCUT2D eigenvalue weighted by Gasteiger charge is -2.26. The minimum atomic E-state index is -1.59. The molecule has 1 rings (SSSR count). The molecule has 2 atom stereocenters. The molecule has 1 aromatic carbocycles. The van der Waals surface area contributed by atoms with Gasteiger partial charge in [-0.1, -0.05) is 30.3 Å². The van der Waals surface area contributed by atoms with Gasteiger partial charge >= 0.3 is 18.2 Å². The van der Waals surface area contributed by atoms with Gasteiger partial charge in [0.1, 0.15) is 19.1 Å². The van der Waals surface area contributed by atoms with E-state index in [0.29, 0.717) is 6.42 Å². The zero-order chi connectivity index (χ0) is 23.4. The summed E-state index contributed by atoms with van der Waals surface area (Å²) in [5, 5.41) is 12.8. The van der Waals surface area contributed by atoms with E-state index >= 15 is 0 Å². The van der Waals surface area contributed by atoms with Crippen LogP contribution in [-0.4, -0.2) is 66.1 Å². The Bertz CT molecular complexity index is 704. The van der Waals surface area contributed by atoms with Crippen LogP contribution >= 0.6 is 0 Å². The largest absolute Gasteiger partial charge is 0.445 e. The smallest absolute Gasteiger partial charge is 0.409 e. The molecule has 0 aliphatic heterocycles. The van der Waals surface area contributed by atoms with Crippen molar-refractivity contribution in [2.24, 2.45) is 0 Å². The van der Waals surface area contributed by atoms with Crippen molar-refractivity contribution in [2.75, 3.05) is 20.2 Å². The van der Waals surface area contributed by atoms with Gasteiger partial charge in [-0.2, -0.15) is 0 Å². The number of esters is 1. The number of nitrogens with zero attached hydrogens (tertiary/aromatic N) is 1. The second kappa shape index (κ2) is 12.7. The summed E-state index contributed by atoms with van der Waals surface area (Å²) in [4.78, 5) is 37.5. The quantitative estimate of drug-likeness (QED) is 0.329. The van der Waals surface area contributed by atoms with E-state index in [1.165, 1.54) is 4.90 Å². The normalized spacial score (nSPS) is 12.9. The Hall–Kier alpha value is -2.94. The molecule has 0 spiro atoms. The molecular weight excluding hydrogens is 404 g/mol. The predicted octanol–water partition coefficient (Wildman–Crippen LogP) is 2.67. The number of amides is 2. The average Bonchev–Trinajstić information content (AvgIpc) is 2.70. The highest BCUT2D eigenvalue weighted by atomic mass is 16.6. The van der Waals surface area contributed by atoms with Crippen molar-refractivity contribution in [2.45, 2.75) is 58.0 Å². The molecule has 0 heterocycles. The van der Waals surface area contributed by atoms with E-state index in [1.54, 1.807) is 27.8 Å². The lowest BCUT2D eigenvalue weighted by molar-refractivity contribution is -0.154. The van der Waals surface area contributed by atoms with E-state index in [-0.39, 0.29) is 26.2 Å². The van der Waals surface area contributed by atoms with Gasteiger partial charge in [-0.15, -0.1) is 0 Å². The molecule has 2 amide bonds. The average molecular weight is 438 g/mol. The van der Waals surface area contributed by atoms with Crippen LogP contribution < -0.4 is 5.32 Å². The van der Waals surface area contributed by atoms with Crippen molar-refractivity contribution in [3.63, 3.8) is 0 Å². The van der Waals surface area contributed by atoms with E-state index < -0.39 is 35.9 Å². The molecule has 9 heteroatoms. The van der Waals surface area contributed by atoms with Crippen LogP contribution in [0.2, 0.25) is 0 Å². The highest BCUT2D eigenvalue weighted by Crippen LogP contribution is 2.11. The maximum absolute atomic E-state index is 12.1. The molecular formula is C22H33N2O7+. The maximum atomic E-state index is 12.1. The van der Waals surface area contributed by atoms with Crippen molar-refractivity contribution in [3.8, 4) is 0 Å². The number of aliphatic hydroxyl groups is 1. The lowest BCUT2D eigenvalue weighted by atomic mass is 10.1. The Morgan fingerprint density at radius 2 is 1.81 bits per heavy atom. The summed E-state index contributed by atoms with van der Waals surface area (Å²) < 4.78 is 15.2. The van der Waals surface area contributed by atoms with Crippen LogP contribution in [0.4, 0.5) is 9.59 Å². The first kappa shape index (κ1) is 26.1. The van der Waals surface area contributed by atoms with Crippen LogP contribution in [0.3, 0.4) is 0 Å². The maximum Gasteiger partial charge on any atom is 0.409 e. The van der Waals surface area contributed by atoms with Crippen LogP contribution in [0.25, 0.3) is 0 Å². The van der Waals surface area contributed by atoms with Gasteiger partial charge in [0.05, 0.1) is 6.04 Å². The number of hydrogen-bond donors (Lipinski definition) is 2. The molecule has 9 nitrogen and oxygen atoms in total. The third kappa shape index (κ3) is 10.6. The summed E-state index contributed by atoms with van der Waals surface area (Å²) in [6.45, 7) is 8.79. The first-order valence-corrected chi connectivity index (χ1v) is 10.1. The Morgan fingerprint density at radius 1 is 1.16 bits per heavy atom. The number of aliphatic hydroxyl groups excluding tert-OH is 1. The first-order chi connectivity index (χ1) is 14.5. The second-order valence-corrected chi connectivity index (χ2v) is 7.97. The summed E-state index contributed by atoms with van der Waals surface area (Å²) in [5.74, 6) is -0.897. The fourth-order valence-corrected chi connectivity index (χ4v) is 2.59. The summed E-state index contributed by atoms with van der Waals surface area (Å²) >= 11 is 0. The zero-order valence-corrected chi connectivity index (χ0v) is 18.6. The number of benzene rings is 1. The van der Waals surface area contributed by atoms with Crippen molar-refractivity contribution < 1.29 is 33.7 Å². The van der Waals surface area contributed by atoms with Gasteiger partial charge in [-0.25, -0.2) is 14.4 Å². The minimum absolute atomic E-state index is 0.148. The highest BCUT2D eigenvalue weighted by molar-refractivity contribution is 5.77. The third-order valence-electron chi connectivity index (χ3n) is 4.09. The van der Waals surface area contributed by atoms with Crippen LogP contribution in [0.5, 0.6) is 0 Å². The fraction of sp³-hybridized carbons (Fsp3) is 0.545. The van der Waals surface area contributed by atoms with Crippen molar-refractivity contribution >= 4 is 18.2 Å². The zero-order valence-electron chi connectivity index (χ0n) is 18.6. The molecule has 0 fully saturated rings. The van der Waals surface area contributed by atoms with Gasteiger partial charge in [-0.05, 0) is 39.2 Å². The molecule has 31 heavy (non-hydrogen) atoms. The molecule has 2 unspecified atom stereocenters. The standard InChI is InChI=1S/C22H32N2O7/c1-6-29-19(26)18(25)17(23-20(27)31-22(2,3)4)13-10-14-24(5)21(28)30-15-16-11-8-7-9-12-16/h7-9,11-12,17-18,25H,1,6,10,13-15H2,2-5H3/p+1. The second-order valence-electron chi connectivity index (χ2n) is 7.97. The molecule has 2 N–H and O–H groups in total. The van der Waals surface area contributed by atoms with Gasteiger partial charge in [0.15, 0.2) is 6.10 Å². The molecule has 1 aromatic rings. The van der Waals surface area contributed by atoms with E-state index in [9.17, 15) is 19.5 Å². The number of hydrogen-bond acceptors (Lipinski definition) is 7. The van der Waals surface area contributed by atoms with Crippen LogP contribution in [0, 0.1) is 6.92 Å². The molecule has 0 aromatic heterocycles. The van der Waals surface area contributed by atoms with Crippen molar-refractivity contribution in [1.29, 1.82) is 0 Å². The van der Waals surface area contributed by atoms with E-state index in [0.717, 1.165) is 5.56 Å².